The molecule has 38 heavy (non-hydrogen) atoms. The molecule has 0 bridgehead atoms. The Morgan fingerprint density at radius 3 is 2.13 bits per heavy atom. The summed E-state index contributed by atoms with van der Waals surface area (Å²) in [6, 6.07) is 20.7. The minimum absolute atomic E-state index is 0.188. The Morgan fingerprint density at radius 2 is 1.45 bits per heavy atom. The van der Waals surface area contributed by atoms with Crippen molar-refractivity contribution in [3.05, 3.63) is 123 Å². The first-order valence-electron chi connectivity index (χ1n) is 12.1. The number of carbonyl (C=O) groups is 4. The van der Waals surface area contributed by atoms with Crippen LogP contribution in [0.25, 0.3) is 0 Å². The molecule has 4 atom stereocenters. The maximum atomic E-state index is 13.8. The highest BCUT2D eigenvalue weighted by Gasteiger charge is 2.63. The number of hydrogen-bond acceptors (Lipinski definition) is 5. The first kappa shape index (κ1) is 24.5. The van der Waals surface area contributed by atoms with Crippen molar-refractivity contribution in [2.75, 3.05) is 4.90 Å². The molecule has 6 rings (SSSR count). The smallest absolute Gasteiger partial charge is 0.240 e. The van der Waals surface area contributed by atoms with Crippen LogP contribution in [0.5, 0.6) is 0 Å². The average molecular weight is 588 g/mol. The molecule has 188 valence electrons. The lowest BCUT2D eigenvalue weighted by Crippen LogP contribution is -2.46. The van der Waals surface area contributed by atoms with E-state index in [0.717, 1.165) is 4.47 Å². The molecule has 3 aromatic carbocycles. The van der Waals surface area contributed by atoms with E-state index in [1.165, 1.54) is 4.90 Å². The lowest BCUT2D eigenvalue weighted by Gasteiger charge is -2.32. The van der Waals surface area contributed by atoms with E-state index in [4.69, 9.17) is 11.6 Å². The summed E-state index contributed by atoms with van der Waals surface area (Å²) in [6.45, 7) is 0. The molecule has 0 radical (unpaired) electrons. The van der Waals surface area contributed by atoms with Gasteiger partial charge in [-0.15, -0.1) is 0 Å². The molecule has 2 amide bonds. The van der Waals surface area contributed by atoms with Crippen LogP contribution in [0.4, 0.5) is 5.69 Å². The number of ketones is 2. The maximum absolute atomic E-state index is 13.8. The molecule has 0 spiro atoms. The van der Waals surface area contributed by atoms with Crippen LogP contribution in [0.1, 0.15) is 20.7 Å². The fourth-order valence-corrected chi connectivity index (χ4v) is 5.97. The molecule has 3 aromatic rings. The highest BCUT2D eigenvalue weighted by atomic mass is 79.9. The van der Waals surface area contributed by atoms with Crippen molar-refractivity contribution in [2.45, 2.75) is 12.1 Å². The monoisotopic (exact) mass is 586 g/mol. The molecular weight excluding hydrogens is 568 g/mol. The Hall–Kier alpha value is -3.81. The largest absolute Gasteiger partial charge is 0.359 e. The van der Waals surface area contributed by atoms with E-state index in [-0.39, 0.29) is 17.5 Å². The lowest BCUT2D eigenvalue weighted by atomic mass is 9.85. The summed E-state index contributed by atoms with van der Waals surface area (Å²) in [5.74, 6) is -3.02. The number of amides is 2. The van der Waals surface area contributed by atoms with Crippen molar-refractivity contribution in [3.8, 4) is 0 Å². The number of fused-ring (bicyclic) bond motifs is 3. The molecule has 3 aliphatic heterocycles. The van der Waals surface area contributed by atoms with Gasteiger partial charge in [0.15, 0.2) is 11.6 Å². The second-order valence-electron chi connectivity index (χ2n) is 9.43. The first-order valence-corrected chi connectivity index (χ1v) is 13.2. The molecule has 6 nitrogen and oxygen atoms in total. The van der Waals surface area contributed by atoms with Gasteiger partial charge >= 0.3 is 0 Å². The van der Waals surface area contributed by atoms with Crippen molar-refractivity contribution in [1.29, 1.82) is 0 Å². The Bertz CT molecular complexity index is 1530. The minimum atomic E-state index is -0.913. The SMILES string of the molecule is O=C(C1=C[C@@H]2[C@@H]3C(=O)N(c4ccc(Br)cc4)C(=O)[C@@H]3[C@H](C(=O)c3ccc(Cl)cc3)N2C=C1)c1ccccc1. The van der Waals surface area contributed by atoms with Gasteiger partial charge in [-0.2, -0.15) is 0 Å². The minimum Gasteiger partial charge on any atom is -0.359 e. The van der Waals surface area contributed by atoms with E-state index in [9.17, 15) is 19.2 Å². The average Bonchev–Trinajstić information content (AvgIpc) is 3.41. The summed E-state index contributed by atoms with van der Waals surface area (Å²) in [5.41, 5.74) is 1.77. The van der Waals surface area contributed by atoms with Crippen LogP contribution in [0, 0.1) is 11.8 Å². The first-order chi connectivity index (χ1) is 18.3. The zero-order valence-electron chi connectivity index (χ0n) is 19.8. The zero-order chi connectivity index (χ0) is 26.6. The number of hydrogen-bond donors (Lipinski definition) is 0. The molecule has 2 fully saturated rings. The predicted molar refractivity (Wildman–Crippen MR) is 147 cm³/mol. The normalized spacial score (nSPS) is 23.8. The Labute approximate surface area is 232 Å². The molecule has 0 aliphatic carbocycles. The lowest BCUT2D eigenvalue weighted by molar-refractivity contribution is -0.123. The maximum Gasteiger partial charge on any atom is 0.240 e. The summed E-state index contributed by atoms with van der Waals surface area (Å²) in [7, 11) is 0. The second kappa shape index (κ2) is 9.49. The third-order valence-corrected chi connectivity index (χ3v) is 8.11. The van der Waals surface area contributed by atoms with Gasteiger partial charge in [-0.25, -0.2) is 4.90 Å². The summed E-state index contributed by atoms with van der Waals surface area (Å²) in [6.07, 6.45) is 5.04. The van der Waals surface area contributed by atoms with Crippen molar-refractivity contribution < 1.29 is 19.2 Å². The number of Topliss-reactive ketones (excluding diaryl/α,β-unsaturated/α-hetero) is 2. The van der Waals surface area contributed by atoms with Gasteiger partial charge < -0.3 is 4.90 Å². The molecule has 8 heteroatoms. The van der Waals surface area contributed by atoms with Crippen molar-refractivity contribution >= 4 is 56.6 Å². The number of rotatable bonds is 5. The standard InChI is InChI=1S/C30H20BrClN2O4/c31-20-8-12-22(13-9-20)34-29(37)24-23-16-19(27(35)17-4-2-1-3-5-17)14-15-33(23)26(25(24)30(34)38)28(36)18-6-10-21(32)11-7-18/h1-16,23-26H/t23-,24+,25+,26-/m1/s1. The molecule has 0 saturated carbocycles. The third kappa shape index (κ3) is 3.94. The Kier molecular flexibility index (Phi) is 6.13. The number of carbonyl (C=O) groups excluding carboxylic acids is 4. The van der Waals surface area contributed by atoms with Crippen molar-refractivity contribution in [2.24, 2.45) is 11.8 Å². The van der Waals surface area contributed by atoms with Crippen LogP contribution in [0.15, 0.2) is 107 Å². The Morgan fingerprint density at radius 1 is 0.789 bits per heavy atom. The number of nitrogens with zero attached hydrogens (tertiary/aromatic N) is 2. The molecular formula is C30H20BrClN2O4. The highest BCUT2D eigenvalue weighted by molar-refractivity contribution is 9.10. The number of allylic oxidation sites excluding steroid dienone is 2. The van der Waals surface area contributed by atoms with Crippen LogP contribution in [0.3, 0.4) is 0 Å². The van der Waals surface area contributed by atoms with Crippen LogP contribution in [-0.2, 0) is 9.59 Å². The van der Waals surface area contributed by atoms with Gasteiger partial charge in [0.25, 0.3) is 0 Å². The van der Waals surface area contributed by atoms with E-state index in [0.29, 0.717) is 27.4 Å². The summed E-state index contributed by atoms with van der Waals surface area (Å²) in [4.78, 5) is 57.7. The van der Waals surface area contributed by atoms with Gasteiger partial charge in [0.05, 0.1) is 23.6 Å². The van der Waals surface area contributed by atoms with Gasteiger partial charge in [0.1, 0.15) is 6.04 Å². The zero-order valence-corrected chi connectivity index (χ0v) is 22.2. The molecule has 0 N–H and O–H groups in total. The third-order valence-electron chi connectivity index (χ3n) is 7.33. The molecule has 3 aliphatic rings. The summed E-state index contributed by atoms with van der Waals surface area (Å²) < 4.78 is 0.812. The van der Waals surface area contributed by atoms with Crippen LogP contribution < -0.4 is 4.90 Å². The van der Waals surface area contributed by atoms with E-state index in [1.807, 2.05) is 6.07 Å². The van der Waals surface area contributed by atoms with Crippen LogP contribution in [0.2, 0.25) is 5.02 Å². The number of anilines is 1. The quantitative estimate of drug-likeness (QED) is 0.292. The van der Waals surface area contributed by atoms with E-state index in [1.54, 1.807) is 96.0 Å². The van der Waals surface area contributed by atoms with Crippen LogP contribution in [-0.4, -0.2) is 40.4 Å². The summed E-state index contributed by atoms with van der Waals surface area (Å²) in [5, 5.41) is 0.488. The van der Waals surface area contributed by atoms with E-state index in [2.05, 4.69) is 15.9 Å². The summed E-state index contributed by atoms with van der Waals surface area (Å²) >= 11 is 9.41. The van der Waals surface area contributed by atoms with Gasteiger partial charge in [0.2, 0.25) is 11.8 Å². The number of halogens is 2. The highest BCUT2D eigenvalue weighted by Crippen LogP contribution is 2.47. The van der Waals surface area contributed by atoms with Gasteiger partial charge in [-0.05, 0) is 54.6 Å². The predicted octanol–water partition coefficient (Wildman–Crippen LogP) is 5.48. The van der Waals surface area contributed by atoms with Gasteiger partial charge in [-0.1, -0.05) is 63.9 Å². The fraction of sp³-hybridized carbons (Fsp3) is 0.133. The fourth-order valence-electron chi connectivity index (χ4n) is 5.58. The topological polar surface area (TPSA) is 74.8 Å². The van der Waals surface area contributed by atoms with Crippen molar-refractivity contribution in [3.63, 3.8) is 0 Å². The second-order valence-corrected chi connectivity index (χ2v) is 10.8. The van der Waals surface area contributed by atoms with Gasteiger partial charge in [0, 0.05) is 32.4 Å². The molecule has 0 unspecified atom stereocenters. The van der Waals surface area contributed by atoms with E-state index >= 15 is 0 Å². The van der Waals surface area contributed by atoms with Gasteiger partial charge in [-0.3, -0.25) is 19.2 Å². The molecule has 0 aromatic heterocycles. The molecule has 3 heterocycles. The van der Waals surface area contributed by atoms with Crippen molar-refractivity contribution in [1.82, 2.24) is 4.90 Å². The number of benzene rings is 3. The van der Waals surface area contributed by atoms with Crippen LogP contribution >= 0.6 is 27.5 Å². The van der Waals surface area contributed by atoms with E-state index < -0.39 is 29.8 Å². The number of imide groups is 1. The Balaban J connectivity index is 1.43. The molecule has 2 saturated heterocycles.